The summed E-state index contributed by atoms with van der Waals surface area (Å²) >= 11 is 3.39. The molecule has 22 heavy (non-hydrogen) atoms. The van der Waals surface area contributed by atoms with Gasteiger partial charge in [0.05, 0.1) is 18.2 Å². The minimum Gasteiger partial charge on any atom is -0.463 e. The van der Waals surface area contributed by atoms with Crippen LogP contribution in [0.1, 0.15) is 25.5 Å². The third-order valence-electron chi connectivity index (χ3n) is 3.82. The molecule has 1 atom stereocenters. The highest BCUT2D eigenvalue weighted by atomic mass is 79.9. The van der Waals surface area contributed by atoms with E-state index in [9.17, 15) is 9.59 Å². The maximum atomic E-state index is 12.4. The van der Waals surface area contributed by atoms with Gasteiger partial charge in [0.25, 0.3) is 0 Å². The second-order valence-electron chi connectivity index (χ2n) is 5.13. The van der Waals surface area contributed by atoms with Gasteiger partial charge in [-0.3, -0.25) is 0 Å². The van der Waals surface area contributed by atoms with Gasteiger partial charge < -0.3 is 14.5 Å². The highest BCUT2D eigenvalue weighted by Gasteiger charge is 2.39. The quantitative estimate of drug-likeness (QED) is 0.770. The van der Waals surface area contributed by atoms with Gasteiger partial charge in [0, 0.05) is 24.3 Å². The number of carbonyl (C=O) groups is 2. The summed E-state index contributed by atoms with van der Waals surface area (Å²) in [5.74, 6) is -0.390. The zero-order valence-corrected chi connectivity index (χ0v) is 14.7. The van der Waals surface area contributed by atoms with Crippen molar-refractivity contribution in [3.05, 3.63) is 45.6 Å². The maximum absolute atomic E-state index is 12.4. The summed E-state index contributed by atoms with van der Waals surface area (Å²) in [6.45, 7) is 3.83. The molecule has 0 saturated carbocycles. The number of rotatable bonds is 3. The number of allylic oxidation sites excluding steroid dienone is 1. The van der Waals surface area contributed by atoms with E-state index in [-0.39, 0.29) is 12.0 Å². The van der Waals surface area contributed by atoms with E-state index in [1.165, 1.54) is 4.90 Å². The molecular formula is C16H19BrN2O3. The number of hydrogen-bond acceptors (Lipinski definition) is 3. The van der Waals surface area contributed by atoms with Crippen molar-refractivity contribution in [2.75, 3.05) is 20.7 Å². The first kappa shape index (κ1) is 16.5. The predicted octanol–water partition coefficient (Wildman–Crippen LogP) is 3.32. The van der Waals surface area contributed by atoms with E-state index in [1.807, 2.05) is 24.3 Å². The summed E-state index contributed by atoms with van der Waals surface area (Å²) in [4.78, 5) is 27.8. The Labute approximate surface area is 138 Å². The van der Waals surface area contributed by atoms with Gasteiger partial charge in [0.2, 0.25) is 0 Å². The number of urea groups is 1. The number of ether oxygens (including phenoxy) is 1. The van der Waals surface area contributed by atoms with Crippen LogP contribution in [0.15, 0.2) is 40.0 Å². The zero-order valence-electron chi connectivity index (χ0n) is 13.1. The molecule has 0 saturated heterocycles. The number of amides is 2. The molecule has 118 valence electrons. The number of esters is 1. The van der Waals surface area contributed by atoms with Crippen molar-refractivity contribution in [2.45, 2.75) is 19.9 Å². The molecule has 1 heterocycles. The van der Waals surface area contributed by atoms with Gasteiger partial charge in [-0.1, -0.05) is 28.1 Å². The van der Waals surface area contributed by atoms with Gasteiger partial charge in [-0.2, -0.15) is 0 Å². The predicted molar refractivity (Wildman–Crippen MR) is 87.1 cm³/mol. The molecule has 5 nitrogen and oxygen atoms in total. The van der Waals surface area contributed by atoms with Crippen molar-refractivity contribution in [1.29, 1.82) is 0 Å². The van der Waals surface area contributed by atoms with E-state index < -0.39 is 6.04 Å². The van der Waals surface area contributed by atoms with Gasteiger partial charge in [-0.15, -0.1) is 0 Å². The molecule has 0 aromatic heterocycles. The number of benzene rings is 1. The van der Waals surface area contributed by atoms with E-state index >= 15 is 0 Å². The third kappa shape index (κ3) is 2.88. The van der Waals surface area contributed by atoms with Crippen molar-refractivity contribution in [1.82, 2.24) is 9.80 Å². The number of nitrogens with zero attached hydrogens (tertiary/aromatic N) is 2. The molecule has 0 N–H and O–H groups in total. The highest BCUT2D eigenvalue weighted by Crippen LogP contribution is 2.36. The van der Waals surface area contributed by atoms with Crippen LogP contribution >= 0.6 is 15.9 Å². The molecule has 1 aliphatic heterocycles. The fraction of sp³-hybridized carbons (Fsp3) is 0.375. The molecule has 0 bridgehead atoms. The van der Waals surface area contributed by atoms with Gasteiger partial charge >= 0.3 is 12.0 Å². The van der Waals surface area contributed by atoms with Crippen molar-refractivity contribution in [2.24, 2.45) is 0 Å². The van der Waals surface area contributed by atoms with E-state index in [0.29, 0.717) is 17.9 Å². The summed E-state index contributed by atoms with van der Waals surface area (Å²) in [7, 11) is 3.35. The molecule has 2 amide bonds. The molecule has 2 rings (SSSR count). The minimum absolute atomic E-state index is 0.154. The number of likely N-dealkylation sites (N-methyl/N-ethyl adjacent to an activating group) is 1. The third-order valence-corrected chi connectivity index (χ3v) is 4.35. The number of hydrogen-bond donors (Lipinski definition) is 0. The first-order chi connectivity index (χ1) is 10.4. The fourth-order valence-electron chi connectivity index (χ4n) is 2.57. The standard InChI is InChI=1S/C16H19BrN2O3/c1-5-22-15(20)13-10(2)18(3)16(21)19(4)14(13)11-6-8-12(17)9-7-11/h6-9,14H,5H2,1-4H3/t14-/m0/s1. The SMILES string of the molecule is CCOC(=O)C1=C(C)N(C)C(=O)N(C)[C@H]1c1ccc(Br)cc1. The summed E-state index contributed by atoms with van der Waals surface area (Å²) in [6, 6.07) is 6.98. The zero-order chi connectivity index (χ0) is 16.4. The van der Waals surface area contributed by atoms with Crippen molar-refractivity contribution in [3.63, 3.8) is 0 Å². The lowest BCUT2D eigenvalue weighted by Gasteiger charge is -2.39. The van der Waals surface area contributed by atoms with Gasteiger partial charge in [0.15, 0.2) is 0 Å². The van der Waals surface area contributed by atoms with Crippen LogP contribution < -0.4 is 0 Å². The Morgan fingerprint density at radius 3 is 2.41 bits per heavy atom. The van der Waals surface area contributed by atoms with Crippen LogP contribution in [0.4, 0.5) is 4.79 Å². The van der Waals surface area contributed by atoms with Crippen LogP contribution in [-0.4, -0.2) is 42.5 Å². The Bertz CT molecular complexity index is 625. The summed E-state index contributed by atoms with van der Waals surface area (Å²) in [5.41, 5.74) is 1.98. The second-order valence-corrected chi connectivity index (χ2v) is 6.04. The molecule has 0 spiro atoms. The maximum Gasteiger partial charge on any atom is 0.338 e. The van der Waals surface area contributed by atoms with E-state index in [0.717, 1.165) is 10.0 Å². The lowest BCUT2D eigenvalue weighted by Crippen LogP contribution is -2.47. The van der Waals surface area contributed by atoms with Crippen LogP contribution in [0.5, 0.6) is 0 Å². The van der Waals surface area contributed by atoms with Crippen molar-refractivity contribution in [3.8, 4) is 0 Å². The van der Waals surface area contributed by atoms with E-state index in [2.05, 4.69) is 15.9 Å². The molecule has 1 aliphatic rings. The van der Waals surface area contributed by atoms with Crippen LogP contribution in [0.25, 0.3) is 0 Å². The van der Waals surface area contributed by atoms with Crippen LogP contribution in [0, 0.1) is 0 Å². The lowest BCUT2D eigenvalue weighted by molar-refractivity contribution is -0.139. The molecular weight excluding hydrogens is 348 g/mol. The molecule has 0 aliphatic carbocycles. The largest absolute Gasteiger partial charge is 0.463 e. The number of halogens is 1. The smallest absolute Gasteiger partial charge is 0.338 e. The molecule has 0 fully saturated rings. The molecule has 0 unspecified atom stereocenters. The monoisotopic (exact) mass is 366 g/mol. The van der Waals surface area contributed by atoms with Crippen LogP contribution in [0.2, 0.25) is 0 Å². The molecule has 1 aromatic carbocycles. The lowest BCUT2D eigenvalue weighted by atomic mass is 9.94. The fourth-order valence-corrected chi connectivity index (χ4v) is 2.83. The number of carbonyl (C=O) groups excluding carboxylic acids is 2. The van der Waals surface area contributed by atoms with Gasteiger partial charge in [-0.25, -0.2) is 9.59 Å². The minimum atomic E-state index is -0.448. The van der Waals surface area contributed by atoms with E-state index in [1.54, 1.807) is 32.8 Å². The molecule has 0 radical (unpaired) electrons. The van der Waals surface area contributed by atoms with Gasteiger partial charge in [0.1, 0.15) is 0 Å². The summed E-state index contributed by atoms with van der Waals surface area (Å²) < 4.78 is 6.13. The Kier molecular flexibility index (Phi) is 4.90. The Morgan fingerprint density at radius 1 is 1.27 bits per heavy atom. The van der Waals surface area contributed by atoms with Crippen LogP contribution in [-0.2, 0) is 9.53 Å². The second kappa shape index (κ2) is 6.52. The topological polar surface area (TPSA) is 49.9 Å². The van der Waals surface area contributed by atoms with Gasteiger partial charge in [-0.05, 0) is 31.5 Å². The average molecular weight is 367 g/mol. The van der Waals surface area contributed by atoms with Crippen molar-refractivity contribution < 1.29 is 14.3 Å². The highest BCUT2D eigenvalue weighted by molar-refractivity contribution is 9.10. The first-order valence-electron chi connectivity index (χ1n) is 7.02. The van der Waals surface area contributed by atoms with E-state index in [4.69, 9.17) is 4.74 Å². The Balaban J connectivity index is 2.57. The molecule has 1 aromatic rings. The summed E-state index contributed by atoms with van der Waals surface area (Å²) in [5, 5.41) is 0. The molecule has 6 heteroatoms. The van der Waals surface area contributed by atoms with Crippen LogP contribution in [0.3, 0.4) is 0 Å². The average Bonchev–Trinajstić information content (AvgIpc) is 2.50. The Hall–Kier alpha value is -1.82. The normalized spacial score (nSPS) is 18.8. The van der Waals surface area contributed by atoms with Crippen molar-refractivity contribution >= 4 is 27.9 Å². The summed E-state index contributed by atoms with van der Waals surface area (Å²) in [6.07, 6.45) is 0. The Morgan fingerprint density at radius 2 is 1.86 bits per heavy atom. The first-order valence-corrected chi connectivity index (χ1v) is 7.81.